The van der Waals surface area contributed by atoms with Gasteiger partial charge in [-0.2, -0.15) is 0 Å². The summed E-state index contributed by atoms with van der Waals surface area (Å²) in [6.45, 7) is 0. The van der Waals surface area contributed by atoms with Gasteiger partial charge in [-0.15, -0.1) is 0 Å². The van der Waals surface area contributed by atoms with E-state index in [4.69, 9.17) is 4.74 Å². The monoisotopic (exact) mass is 243 g/mol. The molecule has 0 unspecified atom stereocenters. The van der Waals surface area contributed by atoms with E-state index in [1.54, 1.807) is 24.3 Å². The van der Waals surface area contributed by atoms with E-state index in [1.807, 2.05) is 0 Å². The number of nitro benzene ring substituents is 1. The van der Waals surface area contributed by atoms with Gasteiger partial charge < -0.3 is 9.84 Å². The van der Waals surface area contributed by atoms with Crippen molar-refractivity contribution in [1.82, 2.24) is 0 Å². The van der Waals surface area contributed by atoms with Crippen LogP contribution in [0.25, 0.3) is 0 Å². The van der Waals surface area contributed by atoms with Crippen LogP contribution in [0.4, 0.5) is 5.69 Å². The van der Waals surface area contributed by atoms with Crippen LogP contribution in [0, 0.1) is 10.1 Å². The fourth-order valence-electron chi connectivity index (χ4n) is 1.89. The highest BCUT2D eigenvalue weighted by Crippen LogP contribution is 2.51. The summed E-state index contributed by atoms with van der Waals surface area (Å²) < 4.78 is 5.22. The molecule has 0 aliphatic carbocycles. The molecule has 1 heterocycles. The van der Waals surface area contributed by atoms with Crippen molar-refractivity contribution in [3.8, 4) is 17.2 Å². The first kappa shape index (κ1) is 10.6. The lowest BCUT2D eigenvalue weighted by atomic mass is 10.0. The van der Waals surface area contributed by atoms with E-state index < -0.39 is 4.92 Å². The minimum atomic E-state index is -0.436. The lowest BCUT2D eigenvalue weighted by Gasteiger charge is -2.02. The number of fused-ring (bicyclic) bond motifs is 1. The van der Waals surface area contributed by atoms with Gasteiger partial charge in [-0.1, -0.05) is 12.1 Å². The predicted octanol–water partition coefficient (Wildman–Crippen LogP) is 3.00. The first-order valence-electron chi connectivity index (χ1n) is 5.41. The molecule has 5 nitrogen and oxygen atoms in total. The first-order chi connectivity index (χ1) is 8.65. The first-order valence-corrected chi connectivity index (χ1v) is 5.41. The third-order valence-electron chi connectivity index (χ3n) is 2.90. The average Bonchev–Trinajstić information content (AvgIpc) is 3.13. The lowest BCUT2D eigenvalue weighted by Crippen LogP contribution is -1.90. The van der Waals surface area contributed by atoms with Crippen molar-refractivity contribution in [2.75, 3.05) is 0 Å². The number of hydrogen-bond acceptors (Lipinski definition) is 4. The lowest BCUT2D eigenvalue weighted by molar-refractivity contribution is -0.384. The highest BCUT2D eigenvalue weighted by atomic mass is 16.6. The summed E-state index contributed by atoms with van der Waals surface area (Å²) in [5.41, 5.74) is 1.67. The summed E-state index contributed by atoms with van der Waals surface area (Å²) >= 11 is 0. The number of rotatable bonds is 3. The molecule has 0 fully saturated rings. The molecule has 0 amide bonds. The summed E-state index contributed by atoms with van der Waals surface area (Å²) in [6, 6.07) is 9.57. The Kier molecular flexibility index (Phi) is 2.19. The topological polar surface area (TPSA) is 75.9 Å². The summed E-state index contributed by atoms with van der Waals surface area (Å²) in [7, 11) is 0. The third-order valence-corrected chi connectivity index (χ3v) is 2.90. The van der Waals surface area contributed by atoms with E-state index >= 15 is 0 Å². The van der Waals surface area contributed by atoms with Gasteiger partial charge in [0.15, 0.2) is 11.5 Å². The number of nitro groups is 1. The maximum absolute atomic E-state index is 10.5. The molecule has 5 heteroatoms. The van der Waals surface area contributed by atoms with E-state index in [2.05, 4.69) is 0 Å². The number of phenols is 1. The number of ether oxygens (including phenoxy) is 1. The van der Waals surface area contributed by atoms with Gasteiger partial charge in [0, 0.05) is 24.1 Å². The molecular formula is C13H9NO4. The second-order valence-corrected chi connectivity index (χ2v) is 4.09. The van der Waals surface area contributed by atoms with Crippen molar-refractivity contribution in [3.63, 3.8) is 0 Å². The maximum Gasteiger partial charge on any atom is 0.269 e. The summed E-state index contributed by atoms with van der Waals surface area (Å²) in [6.07, 6.45) is 0.493. The standard InChI is InChI=1S/C13H9NO4/c15-11-5-6-12-13(18-12)10(11)7-8-1-3-9(4-2-8)14(16)17/h1-6,15H,7H2. The van der Waals surface area contributed by atoms with Crippen molar-refractivity contribution in [1.29, 1.82) is 0 Å². The van der Waals surface area contributed by atoms with Crippen LogP contribution in [0.15, 0.2) is 36.4 Å². The van der Waals surface area contributed by atoms with Gasteiger partial charge in [0.05, 0.1) is 4.92 Å². The molecule has 1 aliphatic rings. The number of benzene rings is 2. The van der Waals surface area contributed by atoms with Gasteiger partial charge in [-0.25, -0.2) is 0 Å². The fraction of sp³-hybridized carbons (Fsp3) is 0.0769. The Morgan fingerprint density at radius 1 is 1.17 bits per heavy atom. The zero-order valence-electron chi connectivity index (χ0n) is 9.29. The Labute approximate surface area is 102 Å². The second-order valence-electron chi connectivity index (χ2n) is 4.09. The predicted molar refractivity (Wildman–Crippen MR) is 64.1 cm³/mol. The van der Waals surface area contributed by atoms with E-state index in [9.17, 15) is 15.2 Å². The van der Waals surface area contributed by atoms with Gasteiger partial charge >= 0.3 is 0 Å². The molecular weight excluding hydrogens is 234 g/mol. The SMILES string of the molecule is O=[N+]([O-])c1ccc(Cc2c(O)ccc3c2O3)cc1. The molecule has 3 rings (SSSR count). The molecule has 0 saturated heterocycles. The normalized spacial score (nSPS) is 11.6. The average molecular weight is 243 g/mol. The molecule has 0 saturated carbocycles. The Morgan fingerprint density at radius 2 is 1.89 bits per heavy atom. The van der Waals surface area contributed by atoms with Crippen molar-refractivity contribution in [2.45, 2.75) is 6.42 Å². The Bertz CT molecular complexity index is 630. The fourth-order valence-corrected chi connectivity index (χ4v) is 1.89. The Balaban J connectivity index is 1.87. The number of phenolic OH excluding ortho intramolecular Hbond substituents is 1. The third kappa shape index (κ3) is 1.75. The smallest absolute Gasteiger partial charge is 0.269 e. The molecule has 2 aromatic rings. The van der Waals surface area contributed by atoms with Gasteiger partial charge in [0.2, 0.25) is 0 Å². The molecule has 0 radical (unpaired) electrons. The number of hydrogen-bond donors (Lipinski definition) is 1. The van der Waals surface area contributed by atoms with E-state index in [0.29, 0.717) is 12.2 Å². The van der Waals surface area contributed by atoms with Crippen LogP contribution in [-0.4, -0.2) is 10.0 Å². The van der Waals surface area contributed by atoms with E-state index in [-0.39, 0.29) is 11.4 Å². The van der Waals surface area contributed by atoms with Gasteiger partial charge in [-0.05, 0) is 17.7 Å². The zero-order valence-corrected chi connectivity index (χ0v) is 9.29. The van der Waals surface area contributed by atoms with Crippen molar-refractivity contribution >= 4 is 5.69 Å². The van der Waals surface area contributed by atoms with Crippen LogP contribution >= 0.6 is 0 Å². The number of non-ortho nitro benzene ring substituents is 1. The highest BCUT2D eigenvalue weighted by molar-refractivity contribution is 5.64. The molecule has 2 aromatic carbocycles. The second kappa shape index (κ2) is 3.73. The highest BCUT2D eigenvalue weighted by Gasteiger charge is 2.26. The maximum atomic E-state index is 10.5. The molecule has 90 valence electrons. The number of aromatic hydroxyl groups is 1. The number of nitrogens with zero attached hydrogens (tertiary/aromatic N) is 1. The van der Waals surface area contributed by atoms with Crippen molar-refractivity contribution < 1.29 is 14.8 Å². The van der Waals surface area contributed by atoms with Crippen LogP contribution < -0.4 is 4.74 Å². The van der Waals surface area contributed by atoms with Crippen LogP contribution in [0.1, 0.15) is 11.1 Å². The van der Waals surface area contributed by atoms with Gasteiger partial charge in [-0.3, -0.25) is 10.1 Å². The van der Waals surface area contributed by atoms with E-state index in [0.717, 1.165) is 16.9 Å². The van der Waals surface area contributed by atoms with Crippen LogP contribution in [0.5, 0.6) is 17.2 Å². The Morgan fingerprint density at radius 3 is 2.56 bits per heavy atom. The summed E-state index contributed by atoms with van der Waals surface area (Å²) in [5.74, 6) is 1.68. The summed E-state index contributed by atoms with van der Waals surface area (Å²) in [5, 5.41) is 20.3. The zero-order chi connectivity index (χ0) is 12.7. The van der Waals surface area contributed by atoms with Gasteiger partial charge in [0.25, 0.3) is 5.69 Å². The van der Waals surface area contributed by atoms with Crippen molar-refractivity contribution in [2.24, 2.45) is 0 Å². The quantitative estimate of drug-likeness (QED) is 0.436. The molecule has 18 heavy (non-hydrogen) atoms. The molecule has 0 bridgehead atoms. The van der Waals surface area contributed by atoms with Gasteiger partial charge in [0.1, 0.15) is 5.75 Å². The van der Waals surface area contributed by atoms with Crippen molar-refractivity contribution in [3.05, 3.63) is 57.6 Å². The molecule has 0 atom stereocenters. The minimum Gasteiger partial charge on any atom is -0.508 e. The van der Waals surface area contributed by atoms with Crippen LogP contribution in [-0.2, 0) is 6.42 Å². The van der Waals surface area contributed by atoms with Crippen LogP contribution in [0.3, 0.4) is 0 Å². The largest absolute Gasteiger partial charge is 0.508 e. The summed E-state index contributed by atoms with van der Waals surface area (Å²) in [4.78, 5) is 10.1. The minimum absolute atomic E-state index is 0.0584. The molecule has 0 aromatic heterocycles. The van der Waals surface area contributed by atoms with Crippen LogP contribution in [0.2, 0.25) is 0 Å². The van der Waals surface area contributed by atoms with E-state index in [1.165, 1.54) is 12.1 Å². The Hall–Kier alpha value is -2.56. The molecule has 1 N–H and O–H groups in total. The molecule has 0 spiro atoms. The molecule has 1 aliphatic heterocycles.